The minimum Gasteiger partial charge on any atom is -0.342 e. The number of hydrogen-bond donors (Lipinski definition) is 0. The van der Waals surface area contributed by atoms with Crippen LogP contribution in [-0.4, -0.2) is 46.8 Å². The summed E-state index contributed by atoms with van der Waals surface area (Å²) >= 11 is 0. The molecule has 2 amide bonds. The standard InChI is InChI=1S/C22H25FN4O2/c1-14-18-9-10-19(28)26(2)22(18)25-21(24-14)16-4-3-11-27(13-16)20(29)12-15-5-7-17(23)8-6-15/h5-8,16H,3-4,9-13H2,1-2H3. The molecule has 3 heterocycles. The zero-order valence-electron chi connectivity index (χ0n) is 16.8. The molecule has 7 heteroatoms. The summed E-state index contributed by atoms with van der Waals surface area (Å²) in [6, 6.07) is 6.06. The van der Waals surface area contributed by atoms with Gasteiger partial charge in [-0.3, -0.25) is 14.5 Å². The third kappa shape index (κ3) is 3.99. The fraction of sp³-hybridized carbons (Fsp3) is 0.455. The first-order chi connectivity index (χ1) is 13.9. The van der Waals surface area contributed by atoms with E-state index < -0.39 is 0 Å². The number of fused-ring (bicyclic) bond motifs is 1. The summed E-state index contributed by atoms with van der Waals surface area (Å²) in [6.07, 6.45) is 3.22. The quantitative estimate of drug-likeness (QED) is 0.800. The van der Waals surface area contributed by atoms with E-state index in [0.717, 1.165) is 29.7 Å². The van der Waals surface area contributed by atoms with Crippen molar-refractivity contribution < 1.29 is 14.0 Å². The van der Waals surface area contributed by atoms with E-state index in [9.17, 15) is 14.0 Å². The molecule has 2 aliphatic rings. The van der Waals surface area contributed by atoms with Gasteiger partial charge in [-0.05, 0) is 43.9 Å². The van der Waals surface area contributed by atoms with Crippen LogP contribution in [-0.2, 0) is 22.4 Å². The maximum Gasteiger partial charge on any atom is 0.228 e. The Labute approximate surface area is 169 Å². The van der Waals surface area contributed by atoms with Gasteiger partial charge in [-0.1, -0.05) is 12.1 Å². The van der Waals surface area contributed by atoms with Crippen LogP contribution < -0.4 is 4.90 Å². The molecule has 0 saturated carbocycles. The van der Waals surface area contributed by atoms with Crippen molar-refractivity contribution in [1.29, 1.82) is 0 Å². The van der Waals surface area contributed by atoms with Gasteiger partial charge in [0.05, 0.1) is 6.42 Å². The zero-order chi connectivity index (χ0) is 20.5. The first-order valence-electron chi connectivity index (χ1n) is 10.1. The Morgan fingerprint density at radius 1 is 1.21 bits per heavy atom. The summed E-state index contributed by atoms with van der Waals surface area (Å²) in [5, 5.41) is 0. The first-order valence-corrected chi connectivity index (χ1v) is 10.1. The van der Waals surface area contributed by atoms with Crippen LogP contribution in [0.4, 0.5) is 10.2 Å². The fourth-order valence-electron chi connectivity index (χ4n) is 4.18. The van der Waals surface area contributed by atoms with Crippen molar-refractivity contribution in [3.8, 4) is 0 Å². The summed E-state index contributed by atoms with van der Waals surface area (Å²) in [5.41, 5.74) is 2.76. The van der Waals surface area contributed by atoms with E-state index in [4.69, 9.17) is 9.97 Å². The largest absolute Gasteiger partial charge is 0.342 e. The summed E-state index contributed by atoms with van der Waals surface area (Å²) < 4.78 is 13.1. The zero-order valence-corrected chi connectivity index (χ0v) is 16.8. The van der Waals surface area contributed by atoms with Crippen LogP contribution in [0, 0.1) is 12.7 Å². The fourth-order valence-corrected chi connectivity index (χ4v) is 4.18. The number of rotatable bonds is 3. The number of carbonyl (C=O) groups is 2. The molecule has 29 heavy (non-hydrogen) atoms. The van der Waals surface area contributed by atoms with Gasteiger partial charge in [-0.15, -0.1) is 0 Å². The number of likely N-dealkylation sites (tertiary alicyclic amines) is 1. The van der Waals surface area contributed by atoms with Gasteiger partial charge in [0, 0.05) is 43.7 Å². The van der Waals surface area contributed by atoms with Crippen molar-refractivity contribution in [3.05, 3.63) is 52.7 Å². The summed E-state index contributed by atoms with van der Waals surface area (Å²) in [6.45, 7) is 3.24. The number of anilines is 1. The molecule has 0 bridgehead atoms. The van der Waals surface area contributed by atoms with Crippen LogP contribution in [0.25, 0.3) is 0 Å². The van der Waals surface area contributed by atoms with Crippen molar-refractivity contribution in [3.63, 3.8) is 0 Å². The normalized spacial score (nSPS) is 19.3. The van der Waals surface area contributed by atoms with E-state index in [1.54, 1.807) is 24.1 Å². The predicted octanol–water partition coefficient (Wildman–Crippen LogP) is 2.78. The summed E-state index contributed by atoms with van der Waals surface area (Å²) in [7, 11) is 1.76. The van der Waals surface area contributed by atoms with Gasteiger partial charge in [0.15, 0.2) is 0 Å². The Morgan fingerprint density at radius 3 is 2.72 bits per heavy atom. The highest BCUT2D eigenvalue weighted by Crippen LogP contribution is 2.31. The third-order valence-corrected chi connectivity index (χ3v) is 5.90. The highest BCUT2D eigenvalue weighted by Gasteiger charge is 2.30. The molecule has 0 N–H and O–H groups in total. The van der Waals surface area contributed by atoms with E-state index in [1.165, 1.54) is 12.1 Å². The molecule has 0 radical (unpaired) electrons. The molecular weight excluding hydrogens is 371 g/mol. The van der Waals surface area contributed by atoms with Crippen molar-refractivity contribution in [2.24, 2.45) is 0 Å². The number of aryl methyl sites for hydroxylation is 1. The molecule has 0 spiro atoms. The number of carbonyl (C=O) groups excluding carboxylic acids is 2. The Bertz CT molecular complexity index is 945. The van der Waals surface area contributed by atoms with Crippen LogP contribution in [0.3, 0.4) is 0 Å². The van der Waals surface area contributed by atoms with Crippen LogP contribution >= 0.6 is 0 Å². The molecule has 4 rings (SSSR count). The maximum atomic E-state index is 13.1. The second-order valence-corrected chi connectivity index (χ2v) is 7.90. The van der Waals surface area contributed by atoms with Crippen LogP contribution in [0.1, 0.15) is 47.8 Å². The summed E-state index contributed by atoms with van der Waals surface area (Å²) in [5.74, 6) is 1.27. The lowest BCUT2D eigenvalue weighted by Gasteiger charge is -2.33. The molecule has 152 valence electrons. The van der Waals surface area contributed by atoms with E-state index in [-0.39, 0.29) is 30.0 Å². The highest BCUT2D eigenvalue weighted by molar-refractivity contribution is 5.94. The Morgan fingerprint density at radius 2 is 1.97 bits per heavy atom. The lowest BCUT2D eigenvalue weighted by Crippen LogP contribution is -2.40. The van der Waals surface area contributed by atoms with Gasteiger partial charge in [0.1, 0.15) is 17.5 Å². The van der Waals surface area contributed by atoms with Gasteiger partial charge in [-0.25, -0.2) is 14.4 Å². The topological polar surface area (TPSA) is 66.4 Å². The van der Waals surface area contributed by atoms with Gasteiger partial charge in [-0.2, -0.15) is 0 Å². The van der Waals surface area contributed by atoms with Crippen molar-refractivity contribution in [2.45, 2.75) is 44.9 Å². The Balaban J connectivity index is 1.51. The minimum absolute atomic E-state index is 0.0308. The number of benzene rings is 1. The lowest BCUT2D eigenvalue weighted by molar-refractivity contribution is -0.131. The average molecular weight is 396 g/mol. The van der Waals surface area contributed by atoms with Crippen molar-refractivity contribution in [2.75, 3.05) is 25.0 Å². The number of piperidine rings is 1. The minimum atomic E-state index is -0.303. The van der Waals surface area contributed by atoms with Crippen molar-refractivity contribution in [1.82, 2.24) is 14.9 Å². The van der Waals surface area contributed by atoms with Gasteiger partial charge in [0.2, 0.25) is 11.8 Å². The van der Waals surface area contributed by atoms with E-state index in [1.807, 2.05) is 11.8 Å². The third-order valence-electron chi connectivity index (χ3n) is 5.90. The molecule has 6 nitrogen and oxygen atoms in total. The molecule has 1 aromatic carbocycles. The molecule has 1 saturated heterocycles. The Kier molecular flexibility index (Phi) is 5.30. The molecule has 0 aliphatic carbocycles. The smallest absolute Gasteiger partial charge is 0.228 e. The SMILES string of the molecule is Cc1nc(C2CCCN(C(=O)Cc3ccc(F)cc3)C2)nc2c1CCC(=O)N2C. The number of hydrogen-bond acceptors (Lipinski definition) is 4. The van der Waals surface area contributed by atoms with Gasteiger partial charge in [0.25, 0.3) is 0 Å². The molecule has 1 unspecified atom stereocenters. The predicted molar refractivity (Wildman–Crippen MR) is 107 cm³/mol. The summed E-state index contributed by atoms with van der Waals surface area (Å²) in [4.78, 5) is 37.8. The second-order valence-electron chi connectivity index (χ2n) is 7.90. The van der Waals surface area contributed by atoms with E-state index >= 15 is 0 Å². The maximum absolute atomic E-state index is 13.1. The Hall–Kier alpha value is -2.83. The molecule has 2 aromatic rings. The molecular formula is C22H25FN4O2. The first kappa shape index (κ1) is 19.5. The van der Waals surface area contributed by atoms with Gasteiger partial charge < -0.3 is 4.90 Å². The second kappa shape index (κ2) is 7.89. The van der Waals surface area contributed by atoms with Crippen molar-refractivity contribution >= 4 is 17.6 Å². The van der Waals surface area contributed by atoms with E-state index in [0.29, 0.717) is 37.6 Å². The van der Waals surface area contributed by atoms with Crippen LogP contribution in [0.15, 0.2) is 24.3 Å². The van der Waals surface area contributed by atoms with Gasteiger partial charge >= 0.3 is 0 Å². The lowest BCUT2D eigenvalue weighted by atomic mass is 9.95. The molecule has 1 aromatic heterocycles. The highest BCUT2D eigenvalue weighted by atomic mass is 19.1. The van der Waals surface area contributed by atoms with E-state index in [2.05, 4.69) is 0 Å². The number of halogens is 1. The molecule has 1 fully saturated rings. The van der Waals surface area contributed by atoms with Crippen LogP contribution in [0.5, 0.6) is 0 Å². The molecule has 2 aliphatic heterocycles. The number of aromatic nitrogens is 2. The molecule has 1 atom stereocenters. The number of amides is 2. The van der Waals surface area contributed by atoms with Crippen LogP contribution in [0.2, 0.25) is 0 Å². The monoisotopic (exact) mass is 396 g/mol. The average Bonchev–Trinajstić information content (AvgIpc) is 2.72. The number of nitrogens with zero attached hydrogens (tertiary/aromatic N) is 4.